The topological polar surface area (TPSA) is 74.2 Å². The number of hydrogen-bond donors (Lipinski definition) is 1. The first-order valence-electron chi connectivity index (χ1n) is 6.95. The molecule has 1 unspecified atom stereocenters. The lowest BCUT2D eigenvalue weighted by molar-refractivity contribution is -0.00549. The number of hydrogen-bond acceptors (Lipinski definition) is 5. The zero-order chi connectivity index (χ0) is 13.0. The van der Waals surface area contributed by atoms with Crippen molar-refractivity contribution in [2.24, 2.45) is 5.73 Å². The zero-order valence-corrected chi connectivity index (χ0v) is 11.3. The molecular formula is C13H23N3O2. The zero-order valence-electron chi connectivity index (χ0n) is 11.3. The largest absolute Gasteiger partial charge is 0.376 e. The summed E-state index contributed by atoms with van der Waals surface area (Å²) in [6.45, 7) is 4.72. The van der Waals surface area contributed by atoms with E-state index < -0.39 is 0 Å². The highest BCUT2D eigenvalue weighted by atomic mass is 16.5. The fourth-order valence-electron chi connectivity index (χ4n) is 2.05. The smallest absolute Gasteiger partial charge is 0.229 e. The van der Waals surface area contributed by atoms with E-state index in [-0.39, 0.29) is 6.04 Å². The fraction of sp³-hybridized carbons (Fsp3) is 0.846. The van der Waals surface area contributed by atoms with Gasteiger partial charge in [0.25, 0.3) is 0 Å². The molecule has 1 aromatic rings. The van der Waals surface area contributed by atoms with Crippen LogP contribution in [0.25, 0.3) is 0 Å². The van der Waals surface area contributed by atoms with Gasteiger partial charge in [0.15, 0.2) is 5.82 Å². The van der Waals surface area contributed by atoms with Crippen molar-refractivity contribution in [2.75, 3.05) is 6.61 Å². The van der Waals surface area contributed by atoms with Crippen LogP contribution in [-0.4, -0.2) is 22.9 Å². The lowest BCUT2D eigenvalue weighted by Gasteiger charge is -2.26. The molecule has 1 atom stereocenters. The summed E-state index contributed by atoms with van der Waals surface area (Å²) in [5.41, 5.74) is 6.01. The molecule has 0 amide bonds. The van der Waals surface area contributed by atoms with E-state index in [0.29, 0.717) is 30.3 Å². The van der Waals surface area contributed by atoms with Crippen LogP contribution in [0.15, 0.2) is 4.52 Å². The van der Waals surface area contributed by atoms with Crippen molar-refractivity contribution in [2.45, 2.75) is 64.0 Å². The summed E-state index contributed by atoms with van der Waals surface area (Å²) in [6.07, 6.45) is 5.97. The van der Waals surface area contributed by atoms with Gasteiger partial charge in [0.1, 0.15) is 0 Å². The molecule has 0 aliphatic heterocycles. The molecule has 5 heteroatoms. The molecule has 0 spiro atoms. The van der Waals surface area contributed by atoms with Crippen molar-refractivity contribution in [3.05, 3.63) is 11.7 Å². The summed E-state index contributed by atoms with van der Waals surface area (Å²) in [7, 11) is 0. The normalized spacial score (nSPS) is 18.0. The van der Waals surface area contributed by atoms with Crippen molar-refractivity contribution in [3.63, 3.8) is 0 Å². The molecule has 0 radical (unpaired) electrons. The van der Waals surface area contributed by atoms with Gasteiger partial charge in [-0.1, -0.05) is 19.0 Å². The monoisotopic (exact) mass is 253 g/mol. The van der Waals surface area contributed by atoms with Gasteiger partial charge < -0.3 is 15.0 Å². The van der Waals surface area contributed by atoms with Gasteiger partial charge in [-0.25, -0.2) is 0 Å². The van der Waals surface area contributed by atoms with E-state index in [9.17, 15) is 0 Å². The Morgan fingerprint density at radius 1 is 1.39 bits per heavy atom. The van der Waals surface area contributed by atoms with Gasteiger partial charge in [0.05, 0.1) is 18.8 Å². The number of aromatic nitrogens is 2. The van der Waals surface area contributed by atoms with Crippen molar-refractivity contribution in [1.82, 2.24) is 10.1 Å². The second kappa shape index (κ2) is 6.29. The Kier molecular flexibility index (Phi) is 4.72. The SMILES string of the molecule is CCC(CC)c1nc(C(N)COC2CCC2)no1. The molecule has 1 saturated carbocycles. The molecule has 1 aromatic heterocycles. The van der Waals surface area contributed by atoms with Gasteiger partial charge >= 0.3 is 0 Å². The third-order valence-corrected chi connectivity index (χ3v) is 3.69. The predicted octanol–water partition coefficient (Wildman–Crippen LogP) is 2.54. The molecule has 2 rings (SSSR count). The van der Waals surface area contributed by atoms with Gasteiger partial charge in [-0.3, -0.25) is 0 Å². The Morgan fingerprint density at radius 2 is 2.11 bits per heavy atom. The molecule has 0 bridgehead atoms. The summed E-state index contributed by atoms with van der Waals surface area (Å²) in [6, 6.07) is -0.280. The predicted molar refractivity (Wildman–Crippen MR) is 68.1 cm³/mol. The Hall–Kier alpha value is -0.940. The molecule has 18 heavy (non-hydrogen) atoms. The summed E-state index contributed by atoms with van der Waals surface area (Å²) < 4.78 is 11.0. The Bertz CT molecular complexity index is 359. The Labute approximate surface area is 108 Å². The summed E-state index contributed by atoms with van der Waals surface area (Å²) >= 11 is 0. The number of nitrogens with zero attached hydrogens (tertiary/aromatic N) is 2. The second-order valence-corrected chi connectivity index (χ2v) is 5.00. The molecule has 1 aliphatic rings. The highest BCUT2D eigenvalue weighted by Gasteiger charge is 2.22. The van der Waals surface area contributed by atoms with Crippen LogP contribution in [0, 0.1) is 0 Å². The molecule has 1 aliphatic carbocycles. The number of nitrogens with two attached hydrogens (primary N) is 1. The van der Waals surface area contributed by atoms with E-state index in [4.69, 9.17) is 15.0 Å². The maximum absolute atomic E-state index is 6.01. The van der Waals surface area contributed by atoms with Crippen LogP contribution in [0.1, 0.15) is 69.6 Å². The van der Waals surface area contributed by atoms with E-state index in [1.54, 1.807) is 0 Å². The minimum absolute atomic E-state index is 0.280. The van der Waals surface area contributed by atoms with E-state index in [0.717, 1.165) is 25.7 Å². The van der Waals surface area contributed by atoms with Crippen molar-refractivity contribution >= 4 is 0 Å². The quantitative estimate of drug-likeness (QED) is 0.808. The summed E-state index contributed by atoms with van der Waals surface area (Å²) in [5, 5.41) is 3.96. The maximum atomic E-state index is 6.01. The van der Waals surface area contributed by atoms with E-state index in [2.05, 4.69) is 24.0 Å². The third-order valence-electron chi connectivity index (χ3n) is 3.69. The van der Waals surface area contributed by atoms with Gasteiger partial charge in [-0.2, -0.15) is 4.98 Å². The first-order chi connectivity index (χ1) is 8.74. The maximum Gasteiger partial charge on any atom is 0.229 e. The van der Waals surface area contributed by atoms with Crippen molar-refractivity contribution < 1.29 is 9.26 Å². The molecule has 5 nitrogen and oxygen atoms in total. The van der Waals surface area contributed by atoms with Crippen LogP contribution in [0.4, 0.5) is 0 Å². The van der Waals surface area contributed by atoms with Crippen LogP contribution >= 0.6 is 0 Å². The van der Waals surface area contributed by atoms with E-state index in [1.807, 2.05) is 0 Å². The van der Waals surface area contributed by atoms with E-state index >= 15 is 0 Å². The fourth-order valence-corrected chi connectivity index (χ4v) is 2.05. The lowest BCUT2D eigenvalue weighted by Crippen LogP contribution is -2.27. The van der Waals surface area contributed by atoms with Crippen molar-refractivity contribution in [1.29, 1.82) is 0 Å². The molecular weight excluding hydrogens is 230 g/mol. The van der Waals surface area contributed by atoms with Crippen LogP contribution in [-0.2, 0) is 4.74 Å². The molecule has 0 aromatic carbocycles. The average molecular weight is 253 g/mol. The standard InChI is InChI=1S/C13H23N3O2/c1-3-9(4-2)13-15-12(16-18-13)11(14)8-17-10-6-5-7-10/h9-11H,3-8,14H2,1-2H3. The lowest BCUT2D eigenvalue weighted by atomic mass is 9.96. The van der Waals surface area contributed by atoms with Crippen molar-refractivity contribution in [3.8, 4) is 0 Å². The van der Waals surface area contributed by atoms with Gasteiger partial charge in [-0.15, -0.1) is 0 Å². The first kappa shape index (κ1) is 13.5. The van der Waals surface area contributed by atoms with Crippen LogP contribution in [0.2, 0.25) is 0 Å². The molecule has 102 valence electrons. The number of rotatable bonds is 7. The third kappa shape index (κ3) is 3.09. The Balaban J connectivity index is 1.87. The first-order valence-corrected chi connectivity index (χ1v) is 6.95. The van der Waals surface area contributed by atoms with E-state index in [1.165, 1.54) is 6.42 Å². The minimum atomic E-state index is -0.280. The minimum Gasteiger partial charge on any atom is -0.376 e. The molecule has 1 fully saturated rings. The molecule has 1 heterocycles. The summed E-state index contributed by atoms with van der Waals surface area (Å²) in [4.78, 5) is 4.39. The van der Waals surface area contributed by atoms with Gasteiger partial charge in [-0.05, 0) is 32.1 Å². The van der Waals surface area contributed by atoms with Crippen LogP contribution < -0.4 is 5.73 Å². The number of ether oxygens (including phenoxy) is 1. The highest BCUT2D eigenvalue weighted by molar-refractivity contribution is 4.97. The highest BCUT2D eigenvalue weighted by Crippen LogP contribution is 2.24. The van der Waals surface area contributed by atoms with Crippen LogP contribution in [0.3, 0.4) is 0 Å². The second-order valence-electron chi connectivity index (χ2n) is 5.00. The van der Waals surface area contributed by atoms with Gasteiger partial charge in [0.2, 0.25) is 5.89 Å². The molecule has 2 N–H and O–H groups in total. The summed E-state index contributed by atoms with van der Waals surface area (Å²) in [5.74, 6) is 1.61. The van der Waals surface area contributed by atoms with Gasteiger partial charge in [0, 0.05) is 5.92 Å². The average Bonchev–Trinajstić information content (AvgIpc) is 2.78. The van der Waals surface area contributed by atoms with Crippen LogP contribution in [0.5, 0.6) is 0 Å². The Morgan fingerprint density at radius 3 is 2.67 bits per heavy atom. The molecule has 0 saturated heterocycles.